The lowest BCUT2D eigenvalue weighted by atomic mass is 10.1. The number of halogens is 1. The molecule has 0 saturated heterocycles. The molecule has 3 rings (SSSR count). The Bertz CT molecular complexity index is 973. The maximum Gasteiger partial charge on any atom is 0.191 e. The van der Waals surface area contributed by atoms with Crippen molar-refractivity contribution in [2.45, 2.75) is 46.4 Å². The van der Waals surface area contributed by atoms with Gasteiger partial charge in [0.15, 0.2) is 5.96 Å². The largest absolute Gasteiger partial charge is 0.388 e. The van der Waals surface area contributed by atoms with E-state index in [9.17, 15) is 5.11 Å². The molecular weight excluding hydrogens is 513 g/mol. The van der Waals surface area contributed by atoms with Crippen molar-refractivity contribution in [1.82, 2.24) is 20.4 Å². The number of hydrogen-bond donors (Lipinski definition) is 3. The highest BCUT2D eigenvalue weighted by atomic mass is 127. The number of aryl methyl sites for hydroxylation is 1. The van der Waals surface area contributed by atoms with Crippen LogP contribution in [0.25, 0.3) is 0 Å². The van der Waals surface area contributed by atoms with Crippen LogP contribution in [0.5, 0.6) is 0 Å². The van der Waals surface area contributed by atoms with Gasteiger partial charge >= 0.3 is 0 Å². The average molecular weight is 547 g/mol. The van der Waals surface area contributed by atoms with Gasteiger partial charge in [-0.1, -0.05) is 60.7 Å². The summed E-state index contributed by atoms with van der Waals surface area (Å²) >= 11 is 0. The van der Waals surface area contributed by atoms with Crippen LogP contribution in [0, 0.1) is 13.8 Å². The smallest absolute Gasteiger partial charge is 0.191 e. The minimum atomic E-state index is -0.489. The number of nitrogens with one attached hydrogen (secondary N) is 2. The molecule has 1 aromatic heterocycles. The normalized spacial score (nSPS) is 12.2. The summed E-state index contributed by atoms with van der Waals surface area (Å²) in [5.41, 5.74) is 5.46. The monoisotopic (exact) mass is 547 g/mol. The second-order valence-corrected chi connectivity index (χ2v) is 7.63. The number of benzene rings is 2. The summed E-state index contributed by atoms with van der Waals surface area (Å²) in [7, 11) is 0. The Labute approximate surface area is 208 Å². The fraction of sp³-hybridized carbons (Fsp3) is 0.360. The number of aromatic nitrogens is 2. The second kappa shape index (κ2) is 13.2. The molecule has 0 saturated carbocycles. The predicted octanol–water partition coefficient (Wildman–Crippen LogP) is 4.35. The highest BCUT2D eigenvalue weighted by Crippen LogP contribution is 2.17. The fourth-order valence-corrected chi connectivity index (χ4v) is 3.54. The van der Waals surface area contributed by atoms with Gasteiger partial charge in [0.05, 0.1) is 24.9 Å². The lowest BCUT2D eigenvalue weighted by Gasteiger charge is -2.14. The van der Waals surface area contributed by atoms with Gasteiger partial charge in [-0.25, -0.2) is 4.99 Å². The molecule has 1 heterocycles. The molecule has 0 aliphatic carbocycles. The molecule has 1 unspecified atom stereocenters. The topological polar surface area (TPSA) is 74.5 Å². The van der Waals surface area contributed by atoms with Crippen molar-refractivity contribution in [2.24, 2.45) is 4.99 Å². The van der Waals surface area contributed by atoms with Crippen molar-refractivity contribution < 1.29 is 5.11 Å². The van der Waals surface area contributed by atoms with E-state index < -0.39 is 6.10 Å². The molecule has 1 atom stereocenters. The van der Waals surface area contributed by atoms with Crippen molar-refractivity contribution in [2.75, 3.05) is 13.1 Å². The minimum absolute atomic E-state index is 0. The summed E-state index contributed by atoms with van der Waals surface area (Å²) in [6.07, 6.45) is 0.124. The Morgan fingerprint density at radius 3 is 2.34 bits per heavy atom. The van der Waals surface area contributed by atoms with Gasteiger partial charge in [-0.15, -0.1) is 24.0 Å². The van der Waals surface area contributed by atoms with Gasteiger partial charge in [-0.05, 0) is 38.3 Å². The second-order valence-electron chi connectivity index (χ2n) is 7.63. The third kappa shape index (κ3) is 7.34. The Hall–Kier alpha value is -2.39. The summed E-state index contributed by atoms with van der Waals surface area (Å²) in [6.45, 7) is 8.91. The molecule has 6 nitrogen and oxygen atoms in total. The molecule has 3 aromatic rings. The quantitative estimate of drug-likeness (QED) is 0.212. The van der Waals surface area contributed by atoms with Crippen LogP contribution in [-0.4, -0.2) is 33.9 Å². The lowest BCUT2D eigenvalue weighted by Crippen LogP contribution is -2.38. The Kier molecular flexibility index (Phi) is 10.7. The average Bonchev–Trinajstić information content (AvgIpc) is 3.05. The number of aliphatic imine (C=N–C) groups is 1. The standard InChI is InChI=1S/C25H33N5O.HI/c1-4-26-25(27-16-15-24(31)22-13-9-6-10-14-22)28-17-23-19(2)29-30(20(23)3)18-21-11-7-5-8-12-21;/h5-14,24,31H,4,15-18H2,1-3H3,(H2,26,27,28);1H. The number of aliphatic hydroxyl groups is 1. The van der Waals surface area contributed by atoms with Gasteiger partial charge in [0.25, 0.3) is 0 Å². The van der Waals surface area contributed by atoms with Crippen LogP contribution in [-0.2, 0) is 13.1 Å². The Morgan fingerprint density at radius 1 is 1.03 bits per heavy atom. The Morgan fingerprint density at radius 2 is 1.69 bits per heavy atom. The third-order valence-electron chi connectivity index (χ3n) is 5.34. The molecule has 0 radical (unpaired) electrons. The number of hydrogen-bond acceptors (Lipinski definition) is 3. The summed E-state index contributed by atoms with van der Waals surface area (Å²) < 4.78 is 2.05. The number of rotatable bonds is 9. The van der Waals surface area contributed by atoms with Crippen LogP contribution < -0.4 is 10.6 Å². The van der Waals surface area contributed by atoms with Crippen LogP contribution in [0.2, 0.25) is 0 Å². The zero-order valence-electron chi connectivity index (χ0n) is 19.1. The van der Waals surface area contributed by atoms with E-state index in [1.165, 1.54) is 5.56 Å². The first kappa shape index (κ1) is 25.9. The van der Waals surface area contributed by atoms with E-state index in [4.69, 9.17) is 10.1 Å². The van der Waals surface area contributed by atoms with Gasteiger partial charge in [-0.3, -0.25) is 4.68 Å². The molecule has 0 amide bonds. The third-order valence-corrected chi connectivity index (χ3v) is 5.34. The number of aliphatic hydroxyl groups excluding tert-OH is 1. The van der Waals surface area contributed by atoms with Crippen molar-refractivity contribution in [3.8, 4) is 0 Å². The molecule has 0 fully saturated rings. The molecule has 0 aliphatic rings. The molecule has 7 heteroatoms. The van der Waals surface area contributed by atoms with E-state index in [0.29, 0.717) is 19.5 Å². The van der Waals surface area contributed by atoms with Crippen LogP contribution in [0.1, 0.15) is 47.5 Å². The summed E-state index contributed by atoms with van der Waals surface area (Å²) in [4.78, 5) is 4.75. The van der Waals surface area contributed by atoms with Gasteiger partial charge < -0.3 is 15.7 Å². The summed E-state index contributed by atoms with van der Waals surface area (Å²) in [5, 5.41) is 21.7. The molecule has 2 aromatic carbocycles. The maximum atomic E-state index is 10.4. The van der Waals surface area contributed by atoms with Crippen molar-refractivity contribution in [3.05, 3.63) is 88.7 Å². The molecule has 0 spiro atoms. The highest BCUT2D eigenvalue weighted by molar-refractivity contribution is 14.0. The number of guanidine groups is 1. The van der Waals surface area contributed by atoms with Gasteiger partial charge in [0.2, 0.25) is 0 Å². The summed E-state index contributed by atoms with van der Waals surface area (Å²) in [6, 6.07) is 20.1. The SMILES string of the molecule is CCNC(=NCc1c(C)nn(Cc2ccccc2)c1C)NCCC(O)c1ccccc1.I. The van der Waals surface area contributed by atoms with E-state index in [1.54, 1.807) is 0 Å². The zero-order valence-corrected chi connectivity index (χ0v) is 21.4. The molecule has 32 heavy (non-hydrogen) atoms. The first-order valence-corrected chi connectivity index (χ1v) is 10.9. The zero-order chi connectivity index (χ0) is 22.1. The molecular formula is C25H34IN5O. The maximum absolute atomic E-state index is 10.4. The lowest BCUT2D eigenvalue weighted by molar-refractivity contribution is 0.168. The van der Waals surface area contributed by atoms with Crippen molar-refractivity contribution in [1.29, 1.82) is 0 Å². The van der Waals surface area contributed by atoms with Crippen LogP contribution >= 0.6 is 24.0 Å². The van der Waals surface area contributed by atoms with Crippen molar-refractivity contribution in [3.63, 3.8) is 0 Å². The molecule has 3 N–H and O–H groups in total. The minimum Gasteiger partial charge on any atom is -0.388 e. The van der Waals surface area contributed by atoms with Gasteiger partial charge in [-0.2, -0.15) is 5.10 Å². The summed E-state index contributed by atoms with van der Waals surface area (Å²) in [5.74, 6) is 0.748. The van der Waals surface area contributed by atoms with Crippen LogP contribution in [0.15, 0.2) is 65.7 Å². The Balaban J connectivity index is 0.00000363. The van der Waals surface area contributed by atoms with Crippen LogP contribution in [0.4, 0.5) is 0 Å². The van der Waals surface area contributed by atoms with E-state index in [-0.39, 0.29) is 24.0 Å². The van der Waals surface area contributed by atoms with E-state index in [0.717, 1.165) is 41.6 Å². The first-order chi connectivity index (χ1) is 15.1. The predicted molar refractivity (Wildman–Crippen MR) is 141 cm³/mol. The van der Waals surface area contributed by atoms with E-state index >= 15 is 0 Å². The van der Waals surface area contributed by atoms with E-state index in [1.807, 2.05) is 54.9 Å². The van der Waals surface area contributed by atoms with Crippen molar-refractivity contribution >= 4 is 29.9 Å². The van der Waals surface area contributed by atoms with Gasteiger partial charge in [0, 0.05) is 24.3 Å². The molecule has 0 aliphatic heterocycles. The number of nitrogens with zero attached hydrogens (tertiary/aromatic N) is 3. The van der Waals surface area contributed by atoms with Gasteiger partial charge in [0.1, 0.15) is 0 Å². The molecule has 0 bridgehead atoms. The highest BCUT2D eigenvalue weighted by Gasteiger charge is 2.12. The van der Waals surface area contributed by atoms with E-state index in [2.05, 4.69) is 41.8 Å². The first-order valence-electron chi connectivity index (χ1n) is 10.9. The van der Waals surface area contributed by atoms with Crippen LogP contribution in [0.3, 0.4) is 0 Å². The fourth-order valence-electron chi connectivity index (χ4n) is 3.54. The molecule has 172 valence electrons.